The zero-order valence-electron chi connectivity index (χ0n) is 6.87. The van der Waals surface area contributed by atoms with Crippen LogP contribution in [0, 0.1) is 0 Å². The van der Waals surface area contributed by atoms with Crippen molar-refractivity contribution in [1.82, 2.24) is 0 Å². The molecule has 2 N–H and O–H groups in total. The van der Waals surface area contributed by atoms with Crippen molar-refractivity contribution in [3.8, 4) is 11.5 Å². The summed E-state index contributed by atoms with van der Waals surface area (Å²) in [6, 6.07) is 13.7. The van der Waals surface area contributed by atoms with Gasteiger partial charge in [0.15, 0.2) is 0 Å². The van der Waals surface area contributed by atoms with Crippen LogP contribution < -0.4 is 0 Å². The van der Waals surface area contributed by atoms with Crippen LogP contribution in [0.2, 0.25) is 0 Å². The molecule has 0 bridgehead atoms. The fraction of sp³-hybridized carbons (Fsp3) is 0. The van der Waals surface area contributed by atoms with Gasteiger partial charge in [-0.25, -0.2) is 24.3 Å². The summed E-state index contributed by atoms with van der Waals surface area (Å²) in [5.41, 5.74) is 0. The Balaban J connectivity index is 0.000000206. The van der Waals surface area contributed by atoms with Gasteiger partial charge in [-0.15, -0.1) is 24.3 Å². The standard InChI is InChI=1S/2C5H5O.Fe/c2*6-5-3-1-2-4-5;/h2*1-4,6H;/q2*-1;+2. The Labute approximate surface area is 87.7 Å². The van der Waals surface area contributed by atoms with Crippen molar-refractivity contribution >= 4 is 0 Å². The van der Waals surface area contributed by atoms with Crippen LogP contribution in [-0.2, 0) is 17.1 Å². The quantitative estimate of drug-likeness (QED) is 0.525. The number of hydrogen-bond acceptors (Lipinski definition) is 2. The van der Waals surface area contributed by atoms with Crippen LogP contribution in [-0.4, -0.2) is 10.2 Å². The number of aromatic hydroxyl groups is 2. The molecule has 0 aliphatic carbocycles. The molecule has 2 rings (SSSR count). The van der Waals surface area contributed by atoms with Gasteiger partial charge in [0.1, 0.15) is 0 Å². The Morgan fingerprint density at radius 1 is 0.615 bits per heavy atom. The van der Waals surface area contributed by atoms with Gasteiger partial charge in [-0.3, -0.25) is 0 Å². The van der Waals surface area contributed by atoms with Crippen molar-refractivity contribution in [2.45, 2.75) is 0 Å². The molecule has 0 unspecified atom stereocenters. The van der Waals surface area contributed by atoms with Gasteiger partial charge in [0.2, 0.25) is 0 Å². The van der Waals surface area contributed by atoms with Crippen LogP contribution in [0.15, 0.2) is 48.5 Å². The molecule has 70 valence electrons. The molecule has 0 aliphatic heterocycles. The van der Waals surface area contributed by atoms with Crippen molar-refractivity contribution < 1.29 is 27.3 Å². The summed E-state index contributed by atoms with van der Waals surface area (Å²) in [7, 11) is 0. The summed E-state index contributed by atoms with van der Waals surface area (Å²) >= 11 is 0. The molecule has 0 aromatic heterocycles. The van der Waals surface area contributed by atoms with E-state index in [1.165, 1.54) is 0 Å². The average molecular weight is 218 g/mol. The molecule has 0 atom stereocenters. The van der Waals surface area contributed by atoms with E-state index >= 15 is 0 Å². The molecule has 0 fully saturated rings. The van der Waals surface area contributed by atoms with E-state index in [-0.39, 0.29) is 17.1 Å². The van der Waals surface area contributed by atoms with Crippen LogP contribution in [0.25, 0.3) is 0 Å². The third-order valence-corrected chi connectivity index (χ3v) is 1.29. The minimum Gasteiger partial charge on any atom is -0.566 e. The zero-order chi connectivity index (χ0) is 8.81. The molecule has 0 spiro atoms. The Bertz CT molecular complexity index is 252. The Hall–Kier alpha value is -1.18. The molecule has 0 amide bonds. The summed E-state index contributed by atoms with van der Waals surface area (Å²) < 4.78 is 0. The van der Waals surface area contributed by atoms with Crippen molar-refractivity contribution in [2.75, 3.05) is 0 Å². The van der Waals surface area contributed by atoms with Gasteiger partial charge in [-0.1, -0.05) is 0 Å². The molecule has 3 heteroatoms. The second-order valence-corrected chi connectivity index (χ2v) is 2.29. The zero-order valence-corrected chi connectivity index (χ0v) is 7.97. The molecule has 0 aliphatic rings. The van der Waals surface area contributed by atoms with Gasteiger partial charge in [-0.2, -0.15) is 0 Å². The molecule has 13 heavy (non-hydrogen) atoms. The van der Waals surface area contributed by atoms with Crippen molar-refractivity contribution in [3.63, 3.8) is 0 Å². The van der Waals surface area contributed by atoms with E-state index in [0.29, 0.717) is 11.5 Å². The van der Waals surface area contributed by atoms with E-state index in [4.69, 9.17) is 10.2 Å². The van der Waals surface area contributed by atoms with Crippen molar-refractivity contribution in [1.29, 1.82) is 0 Å². The molecular weight excluding hydrogens is 208 g/mol. The number of rotatable bonds is 0. The molecule has 0 heterocycles. The number of hydrogen-bond donors (Lipinski definition) is 2. The summed E-state index contributed by atoms with van der Waals surface area (Å²) in [5.74, 6) is 0.685. The first-order valence-electron chi connectivity index (χ1n) is 3.60. The van der Waals surface area contributed by atoms with E-state index < -0.39 is 0 Å². The molecule has 2 aromatic carbocycles. The van der Waals surface area contributed by atoms with E-state index in [1.54, 1.807) is 48.5 Å². The van der Waals surface area contributed by atoms with E-state index in [1.807, 2.05) is 0 Å². The maximum Gasteiger partial charge on any atom is 2.00 e. The van der Waals surface area contributed by atoms with Gasteiger partial charge >= 0.3 is 17.1 Å². The second kappa shape index (κ2) is 6.35. The Morgan fingerprint density at radius 2 is 0.846 bits per heavy atom. The van der Waals surface area contributed by atoms with Gasteiger partial charge in [0.05, 0.1) is 0 Å². The summed E-state index contributed by atoms with van der Waals surface area (Å²) in [6.45, 7) is 0. The van der Waals surface area contributed by atoms with E-state index in [0.717, 1.165) is 0 Å². The molecule has 0 saturated carbocycles. The largest absolute Gasteiger partial charge is 2.00 e. The van der Waals surface area contributed by atoms with Crippen LogP contribution in [0.1, 0.15) is 0 Å². The topological polar surface area (TPSA) is 40.5 Å². The fourth-order valence-electron chi connectivity index (χ4n) is 0.728. The molecule has 2 aromatic rings. The summed E-state index contributed by atoms with van der Waals surface area (Å²) in [4.78, 5) is 0. The maximum absolute atomic E-state index is 8.47. The molecule has 0 saturated heterocycles. The third kappa shape index (κ3) is 5.12. The predicted molar refractivity (Wildman–Crippen MR) is 47.4 cm³/mol. The van der Waals surface area contributed by atoms with Crippen LogP contribution in [0.3, 0.4) is 0 Å². The SMILES string of the molecule is O[c-]1cccc1.O[c-]1cccc1.[Fe+2]. The van der Waals surface area contributed by atoms with Crippen LogP contribution >= 0.6 is 0 Å². The fourth-order valence-corrected chi connectivity index (χ4v) is 0.728. The van der Waals surface area contributed by atoms with E-state index in [9.17, 15) is 0 Å². The first kappa shape index (κ1) is 11.8. The van der Waals surface area contributed by atoms with E-state index in [2.05, 4.69) is 0 Å². The van der Waals surface area contributed by atoms with Gasteiger partial charge in [-0.05, 0) is 0 Å². The maximum atomic E-state index is 8.47. The average Bonchev–Trinajstić information content (AvgIpc) is 2.63. The Morgan fingerprint density at radius 3 is 0.923 bits per heavy atom. The molecular formula is C10H10FeO2. The van der Waals surface area contributed by atoms with Gasteiger partial charge in [0, 0.05) is 11.5 Å². The smallest absolute Gasteiger partial charge is 0.566 e. The molecule has 2 nitrogen and oxygen atoms in total. The minimum absolute atomic E-state index is 0. The molecule has 0 radical (unpaired) electrons. The van der Waals surface area contributed by atoms with Gasteiger partial charge in [0.25, 0.3) is 0 Å². The predicted octanol–water partition coefficient (Wildman–Crippen LogP) is 2.22. The summed E-state index contributed by atoms with van der Waals surface area (Å²) in [5, 5.41) is 16.9. The third-order valence-electron chi connectivity index (χ3n) is 1.29. The summed E-state index contributed by atoms with van der Waals surface area (Å²) in [6.07, 6.45) is 0. The van der Waals surface area contributed by atoms with Crippen molar-refractivity contribution in [3.05, 3.63) is 48.5 Å². The normalized spacial score (nSPS) is 8.00. The first-order valence-corrected chi connectivity index (χ1v) is 3.60. The second-order valence-electron chi connectivity index (χ2n) is 2.29. The monoisotopic (exact) mass is 218 g/mol. The van der Waals surface area contributed by atoms with Gasteiger partial charge < -0.3 is 10.2 Å². The minimum atomic E-state index is 0. The first-order chi connectivity index (χ1) is 5.79. The van der Waals surface area contributed by atoms with Crippen LogP contribution in [0.5, 0.6) is 11.5 Å². The Kier molecular flexibility index (Phi) is 5.77. The van der Waals surface area contributed by atoms with Crippen LogP contribution in [0.4, 0.5) is 0 Å². The van der Waals surface area contributed by atoms with Crippen molar-refractivity contribution in [2.24, 2.45) is 0 Å².